The normalized spacial score (nSPS) is 38.3. The maximum Gasteiger partial charge on any atom is 0.320 e. The molecule has 2 heterocycles. The molecule has 4 unspecified atom stereocenters. The van der Waals surface area contributed by atoms with Gasteiger partial charge in [0.15, 0.2) is 0 Å². The molecule has 112 valence electrons. The fourth-order valence-electron chi connectivity index (χ4n) is 4.33. The number of nitrogens with zero attached hydrogens (tertiary/aromatic N) is 1. The SMILES string of the molecule is O=C1CCC(CN2C(C(=O)O)CCC3CCCCC32)N1. The van der Waals surface area contributed by atoms with Gasteiger partial charge in [-0.2, -0.15) is 0 Å². The first-order valence-electron chi connectivity index (χ1n) is 7.93. The third-order valence-electron chi connectivity index (χ3n) is 5.31. The molecule has 2 aliphatic heterocycles. The highest BCUT2D eigenvalue weighted by atomic mass is 16.4. The number of carboxylic acid groups (broad SMARTS) is 1. The number of carbonyl (C=O) groups is 2. The molecule has 2 N–H and O–H groups in total. The Morgan fingerprint density at radius 1 is 1.20 bits per heavy atom. The summed E-state index contributed by atoms with van der Waals surface area (Å²) in [6, 6.07) is 0.202. The third-order valence-corrected chi connectivity index (χ3v) is 5.31. The number of hydrogen-bond acceptors (Lipinski definition) is 3. The van der Waals surface area contributed by atoms with Gasteiger partial charge in [0.2, 0.25) is 5.91 Å². The number of piperidine rings is 1. The standard InChI is InChI=1S/C15H24N2O3/c18-14-8-6-11(16-14)9-17-12-4-2-1-3-10(12)5-7-13(17)15(19)20/h10-13H,1-9H2,(H,16,18)(H,19,20). The Bertz CT molecular complexity index is 399. The molecule has 3 rings (SSSR count). The summed E-state index contributed by atoms with van der Waals surface area (Å²) in [6.45, 7) is 0.712. The lowest BCUT2D eigenvalue weighted by molar-refractivity contribution is -0.148. The van der Waals surface area contributed by atoms with E-state index in [9.17, 15) is 14.7 Å². The van der Waals surface area contributed by atoms with Gasteiger partial charge in [-0.3, -0.25) is 14.5 Å². The molecule has 3 fully saturated rings. The van der Waals surface area contributed by atoms with Crippen molar-refractivity contribution < 1.29 is 14.7 Å². The summed E-state index contributed by atoms with van der Waals surface area (Å²) < 4.78 is 0. The van der Waals surface area contributed by atoms with Crippen molar-refractivity contribution in [2.75, 3.05) is 6.54 Å². The Kier molecular flexibility index (Phi) is 3.96. The van der Waals surface area contributed by atoms with Crippen molar-refractivity contribution in [3.05, 3.63) is 0 Å². The van der Waals surface area contributed by atoms with Crippen LogP contribution in [0.25, 0.3) is 0 Å². The van der Waals surface area contributed by atoms with E-state index in [0.717, 1.165) is 25.7 Å². The van der Waals surface area contributed by atoms with Gasteiger partial charge in [0.25, 0.3) is 0 Å². The maximum atomic E-state index is 11.5. The van der Waals surface area contributed by atoms with Crippen molar-refractivity contribution in [3.63, 3.8) is 0 Å². The number of amides is 1. The number of hydrogen-bond donors (Lipinski definition) is 2. The zero-order chi connectivity index (χ0) is 14.1. The molecule has 0 aromatic carbocycles. The molecule has 20 heavy (non-hydrogen) atoms. The van der Waals surface area contributed by atoms with Gasteiger partial charge in [0.1, 0.15) is 6.04 Å². The highest BCUT2D eigenvalue weighted by Crippen LogP contribution is 2.38. The lowest BCUT2D eigenvalue weighted by Crippen LogP contribution is -2.57. The Morgan fingerprint density at radius 2 is 2.00 bits per heavy atom. The second kappa shape index (κ2) is 5.72. The van der Waals surface area contributed by atoms with Gasteiger partial charge in [-0.15, -0.1) is 0 Å². The summed E-state index contributed by atoms with van der Waals surface area (Å²) in [5.74, 6) is 0.0777. The first-order chi connectivity index (χ1) is 9.65. The Morgan fingerprint density at radius 3 is 2.70 bits per heavy atom. The largest absolute Gasteiger partial charge is 0.480 e. The molecule has 1 aliphatic carbocycles. The molecule has 0 aromatic heterocycles. The number of carboxylic acids is 1. The summed E-state index contributed by atoms with van der Waals surface area (Å²) in [4.78, 5) is 25.1. The molecule has 0 radical (unpaired) electrons. The van der Waals surface area contributed by atoms with Crippen LogP contribution in [-0.2, 0) is 9.59 Å². The minimum Gasteiger partial charge on any atom is -0.480 e. The lowest BCUT2D eigenvalue weighted by atomic mass is 9.76. The third kappa shape index (κ3) is 2.68. The van der Waals surface area contributed by atoms with Crippen molar-refractivity contribution >= 4 is 11.9 Å². The van der Waals surface area contributed by atoms with Gasteiger partial charge < -0.3 is 10.4 Å². The van der Waals surface area contributed by atoms with Crippen LogP contribution in [0.1, 0.15) is 51.4 Å². The molecule has 5 heteroatoms. The predicted octanol–water partition coefficient (Wildman–Crippen LogP) is 1.37. The Balaban J connectivity index is 1.73. The number of rotatable bonds is 3. The van der Waals surface area contributed by atoms with Crippen LogP contribution in [0.15, 0.2) is 0 Å². The van der Waals surface area contributed by atoms with Gasteiger partial charge in [0.05, 0.1) is 0 Å². The Labute approximate surface area is 119 Å². The van der Waals surface area contributed by atoms with Gasteiger partial charge in [-0.1, -0.05) is 12.8 Å². The molecule has 1 saturated carbocycles. The van der Waals surface area contributed by atoms with Crippen molar-refractivity contribution in [1.29, 1.82) is 0 Å². The average molecular weight is 280 g/mol. The number of likely N-dealkylation sites (tertiary alicyclic amines) is 1. The quantitative estimate of drug-likeness (QED) is 0.819. The van der Waals surface area contributed by atoms with Crippen molar-refractivity contribution in [3.8, 4) is 0 Å². The highest BCUT2D eigenvalue weighted by molar-refractivity contribution is 5.78. The van der Waals surface area contributed by atoms with Crippen LogP contribution in [0.2, 0.25) is 0 Å². The van der Waals surface area contributed by atoms with E-state index < -0.39 is 5.97 Å². The second-order valence-electron chi connectivity index (χ2n) is 6.54. The average Bonchev–Trinajstić information content (AvgIpc) is 2.84. The first-order valence-corrected chi connectivity index (χ1v) is 7.93. The maximum absolute atomic E-state index is 11.5. The molecule has 5 nitrogen and oxygen atoms in total. The molecular weight excluding hydrogens is 256 g/mol. The van der Waals surface area contributed by atoms with Crippen molar-refractivity contribution in [2.24, 2.45) is 5.92 Å². The van der Waals surface area contributed by atoms with Gasteiger partial charge in [-0.25, -0.2) is 0 Å². The molecule has 0 aromatic rings. The van der Waals surface area contributed by atoms with Crippen LogP contribution in [0.5, 0.6) is 0 Å². The summed E-state index contributed by atoms with van der Waals surface area (Å²) in [6.07, 6.45) is 8.10. The summed E-state index contributed by atoms with van der Waals surface area (Å²) in [5, 5.41) is 12.5. The molecule has 4 atom stereocenters. The fourth-order valence-corrected chi connectivity index (χ4v) is 4.33. The van der Waals surface area contributed by atoms with E-state index in [1.807, 2.05) is 0 Å². The number of nitrogens with one attached hydrogen (secondary N) is 1. The monoisotopic (exact) mass is 280 g/mol. The van der Waals surface area contributed by atoms with Crippen LogP contribution >= 0.6 is 0 Å². The van der Waals surface area contributed by atoms with E-state index in [1.165, 1.54) is 19.3 Å². The van der Waals surface area contributed by atoms with Crippen LogP contribution in [0, 0.1) is 5.92 Å². The minimum absolute atomic E-state index is 0.110. The van der Waals surface area contributed by atoms with Gasteiger partial charge >= 0.3 is 5.97 Å². The molecular formula is C15H24N2O3. The molecule has 3 aliphatic rings. The van der Waals surface area contributed by atoms with E-state index in [2.05, 4.69) is 10.2 Å². The van der Waals surface area contributed by atoms with E-state index in [0.29, 0.717) is 24.9 Å². The number of fused-ring (bicyclic) bond motifs is 1. The van der Waals surface area contributed by atoms with Gasteiger partial charge in [0, 0.05) is 25.0 Å². The summed E-state index contributed by atoms with van der Waals surface area (Å²) in [7, 11) is 0. The fraction of sp³-hybridized carbons (Fsp3) is 0.867. The number of carbonyl (C=O) groups excluding carboxylic acids is 1. The minimum atomic E-state index is -0.696. The predicted molar refractivity (Wildman–Crippen MR) is 74.3 cm³/mol. The lowest BCUT2D eigenvalue weighted by Gasteiger charge is -2.48. The molecule has 2 saturated heterocycles. The molecule has 0 bridgehead atoms. The summed E-state index contributed by atoms with van der Waals surface area (Å²) in [5.41, 5.74) is 0. The Hall–Kier alpha value is -1.10. The van der Waals surface area contributed by atoms with Gasteiger partial charge in [-0.05, 0) is 38.0 Å². The molecule has 1 amide bonds. The number of aliphatic carboxylic acids is 1. The van der Waals surface area contributed by atoms with E-state index in [-0.39, 0.29) is 18.0 Å². The van der Waals surface area contributed by atoms with Crippen molar-refractivity contribution in [2.45, 2.75) is 69.5 Å². The topological polar surface area (TPSA) is 69.6 Å². The van der Waals surface area contributed by atoms with Crippen molar-refractivity contribution in [1.82, 2.24) is 10.2 Å². The zero-order valence-electron chi connectivity index (χ0n) is 11.9. The summed E-state index contributed by atoms with van der Waals surface area (Å²) >= 11 is 0. The van der Waals surface area contributed by atoms with Crippen LogP contribution < -0.4 is 5.32 Å². The second-order valence-corrected chi connectivity index (χ2v) is 6.54. The van der Waals surface area contributed by atoms with Crippen LogP contribution in [-0.4, -0.2) is 46.6 Å². The van der Waals surface area contributed by atoms with E-state index in [1.54, 1.807) is 0 Å². The van der Waals surface area contributed by atoms with E-state index >= 15 is 0 Å². The highest BCUT2D eigenvalue weighted by Gasteiger charge is 2.42. The van der Waals surface area contributed by atoms with Crippen LogP contribution in [0.4, 0.5) is 0 Å². The van der Waals surface area contributed by atoms with Crippen LogP contribution in [0.3, 0.4) is 0 Å². The first kappa shape index (κ1) is 13.9. The van der Waals surface area contributed by atoms with E-state index in [4.69, 9.17) is 0 Å². The molecule has 0 spiro atoms. The zero-order valence-corrected chi connectivity index (χ0v) is 11.9. The smallest absolute Gasteiger partial charge is 0.320 e.